The van der Waals surface area contributed by atoms with Gasteiger partial charge in [0.25, 0.3) is 5.91 Å². The molecule has 0 saturated heterocycles. The lowest BCUT2D eigenvalue weighted by molar-refractivity contribution is -0.149. The van der Waals surface area contributed by atoms with Crippen LogP contribution in [0.3, 0.4) is 0 Å². The first kappa shape index (κ1) is 19.2. The van der Waals surface area contributed by atoms with Crippen LogP contribution >= 0.6 is 0 Å². The Labute approximate surface area is 150 Å². The Morgan fingerprint density at radius 3 is 2.38 bits per heavy atom. The Morgan fingerprint density at radius 2 is 1.73 bits per heavy atom. The summed E-state index contributed by atoms with van der Waals surface area (Å²) in [7, 11) is 0. The number of hydrogen-bond donors (Lipinski definition) is 1. The maximum absolute atomic E-state index is 13.4. The SMILES string of the molecule is CCOc1ccccc1OCC(=O)OCC(=O)Nc1ccc(C)c(F)c1. The predicted octanol–water partition coefficient (Wildman–Crippen LogP) is 3.09. The van der Waals surface area contributed by atoms with Crippen LogP contribution in [0, 0.1) is 12.7 Å². The lowest BCUT2D eigenvalue weighted by Gasteiger charge is -2.11. The first-order valence-corrected chi connectivity index (χ1v) is 8.06. The third-order valence-electron chi connectivity index (χ3n) is 3.31. The molecule has 0 spiro atoms. The number of benzene rings is 2. The molecule has 0 saturated carbocycles. The fourth-order valence-electron chi connectivity index (χ4n) is 2.04. The van der Waals surface area contributed by atoms with Crippen molar-refractivity contribution in [3.05, 3.63) is 53.8 Å². The third-order valence-corrected chi connectivity index (χ3v) is 3.31. The van der Waals surface area contributed by atoms with E-state index in [0.29, 0.717) is 23.7 Å². The molecule has 0 aliphatic rings. The van der Waals surface area contributed by atoms with Crippen LogP contribution in [0.15, 0.2) is 42.5 Å². The molecule has 0 aliphatic heterocycles. The molecule has 0 atom stereocenters. The summed E-state index contributed by atoms with van der Waals surface area (Å²) in [6.07, 6.45) is 0. The lowest BCUT2D eigenvalue weighted by atomic mass is 10.2. The molecule has 0 aliphatic carbocycles. The molecular weight excluding hydrogens is 341 g/mol. The van der Waals surface area contributed by atoms with Crippen molar-refractivity contribution >= 4 is 17.6 Å². The largest absolute Gasteiger partial charge is 0.490 e. The Bertz CT molecular complexity index is 778. The highest BCUT2D eigenvalue weighted by atomic mass is 19.1. The minimum Gasteiger partial charge on any atom is -0.490 e. The Hall–Kier alpha value is -3.09. The van der Waals surface area contributed by atoms with Crippen molar-refractivity contribution in [3.63, 3.8) is 0 Å². The Kier molecular flexibility index (Phi) is 6.96. The van der Waals surface area contributed by atoms with Gasteiger partial charge >= 0.3 is 5.97 Å². The summed E-state index contributed by atoms with van der Waals surface area (Å²) in [5.74, 6) is -0.785. The average Bonchev–Trinajstić information content (AvgIpc) is 2.62. The van der Waals surface area contributed by atoms with Gasteiger partial charge < -0.3 is 19.5 Å². The van der Waals surface area contributed by atoms with Gasteiger partial charge in [0.15, 0.2) is 24.7 Å². The van der Waals surface area contributed by atoms with E-state index in [1.807, 2.05) is 6.92 Å². The van der Waals surface area contributed by atoms with E-state index in [-0.39, 0.29) is 12.3 Å². The number of ether oxygens (including phenoxy) is 3. The molecule has 2 aromatic carbocycles. The van der Waals surface area contributed by atoms with Crippen LogP contribution in [0.5, 0.6) is 11.5 Å². The van der Waals surface area contributed by atoms with Crippen molar-refractivity contribution < 1.29 is 28.2 Å². The molecule has 0 bridgehead atoms. The van der Waals surface area contributed by atoms with Gasteiger partial charge in [-0.3, -0.25) is 4.79 Å². The van der Waals surface area contributed by atoms with Crippen LogP contribution in [0.4, 0.5) is 10.1 Å². The molecule has 1 N–H and O–H groups in total. The standard InChI is InChI=1S/C19H20FNO5/c1-3-24-16-6-4-5-7-17(16)25-12-19(23)26-11-18(22)21-14-9-8-13(2)15(20)10-14/h4-10H,3,11-12H2,1-2H3,(H,21,22). The quantitative estimate of drug-likeness (QED) is 0.732. The van der Waals surface area contributed by atoms with Crippen molar-refractivity contribution in [3.8, 4) is 11.5 Å². The molecule has 2 rings (SSSR count). The molecule has 0 aromatic heterocycles. The van der Waals surface area contributed by atoms with E-state index in [4.69, 9.17) is 14.2 Å². The van der Waals surface area contributed by atoms with Gasteiger partial charge in [0.1, 0.15) is 5.82 Å². The number of anilines is 1. The maximum atomic E-state index is 13.4. The van der Waals surface area contributed by atoms with E-state index >= 15 is 0 Å². The summed E-state index contributed by atoms with van der Waals surface area (Å²) < 4.78 is 29.0. The predicted molar refractivity (Wildman–Crippen MR) is 93.8 cm³/mol. The van der Waals surface area contributed by atoms with Crippen molar-refractivity contribution in [1.82, 2.24) is 0 Å². The van der Waals surface area contributed by atoms with Crippen molar-refractivity contribution in [1.29, 1.82) is 0 Å². The number of rotatable bonds is 8. The third kappa shape index (κ3) is 5.77. The molecule has 0 fully saturated rings. The van der Waals surface area contributed by atoms with Crippen LogP contribution in [0.1, 0.15) is 12.5 Å². The van der Waals surface area contributed by atoms with Crippen LogP contribution < -0.4 is 14.8 Å². The van der Waals surface area contributed by atoms with E-state index in [0.717, 1.165) is 0 Å². The summed E-state index contributed by atoms with van der Waals surface area (Å²) in [6, 6.07) is 11.2. The fourth-order valence-corrected chi connectivity index (χ4v) is 2.04. The molecule has 0 radical (unpaired) electrons. The van der Waals surface area contributed by atoms with E-state index in [1.54, 1.807) is 43.3 Å². The summed E-state index contributed by atoms with van der Waals surface area (Å²) in [6.45, 7) is 3.06. The summed E-state index contributed by atoms with van der Waals surface area (Å²) in [5.41, 5.74) is 0.759. The number of para-hydroxylation sites is 2. The zero-order chi connectivity index (χ0) is 18.9. The second kappa shape index (κ2) is 9.41. The van der Waals surface area contributed by atoms with Gasteiger partial charge in [-0.05, 0) is 43.7 Å². The molecule has 1 amide bonds. The number of halogens is 1. The fraction of sp³-hybridized carbons (Fsp3) is 0.263. The lowest BCUT2D eigenvalue weighted by Crippen LogP contribution is -2.23. The zero-order valence-corrected chi connectivity index (χ0v) is 14.6. The Morgan fingerprint density at radius 1 is 1.04 bits per heavy atom. The number of carbonyl (C=O) groups is 2. The number of hydrogen-bond acceptors (Lipinski definition) is 5. The molecule has 0 unspecified atom stereocenters. The number of esters is 1. The van der Waals surface area contributed by atoms with Crippen LogP contribution in [-0.2, 0) is 14.3 Å². The molecule has 0 heterocycles. The monoisotopic (exact) mass is 361 g/mol. The zero-order valence-electron chi connectivity index (χ0n) is 14.6. The summed E-state index contributed by atoms with van der Waals surface area (Å²) in [4.78, 5) is 23.5. The molecule has 26 heavy (non-hydrogen) atoms. The number of carbonyl (C=O) groups excluding carboxylic acids is 2. The highest BCUT2D eigenvalue weighted by Crippen LogP contribution is 2.26. The topological polar surface area (TPSA) is 73.9 Å². The highest BCUT2D eigenvalue weighted by molar-refractivity contribution is 5.92. The van der Waals surface area contributed by atoms with Gasteiger partial charge in [-0.25, -0.2) is 9.18 Å². The average molecular weight is 361 g/mol. The summed E-state index contributed by atoms with van der Waals surface area (Å²) >= 11 is 0. The van der Waals surface area contributed by atoms with Gasteiger partial charge in [0.2, 0.25) is 0 Å². The van der Waals surface area contributed by atoms with E-state index in [1.165, 1.54) is 6.07 Å². The number of amides is 1. The maximum Gasteiger partial charge on any atom is 0.344 e. The van der Waals surface area contributed by atoms with Gasteiger partial charge in [-0.2, -0.15) is 0 Å². The van der Waals surface area contributed by atoms with Crippen molar-refractivity contribution in [2.45, 2.75) is 13.8 Å². The number of nitrogens with one attached hydrogen (secondary N) is 1. The van der Waals surface area contributed by atoms with E-state index in [9.17, 15) is 14.0 Å². The van der Waals surface area contributed by atoms with Gasteiger partial charge in [0.05, 0.1) is 6.61 Å². The first-order chi connectivity index (χ1) is 12.5. The van der Waals surface area contributed by atoms with E-state index in [2.05, 4.69) is 5.32 Å². The molecule has 2 aromatic rings. The van der Waals surface area contributed by atoms with Crippen LogP contribution in [-0.4, -0.2) is 31.7 Å². The van der Waals surface area contributed by atoms with Gasteiger partial charge in [0, 0.05) is 5.69 Å². The smallest absolute Gasteiger partial charge is 0.344 e. The van der Waals surface area contributed by atoms with E-state index < -0.39 is 24.3 Å². The molecule has 7 heteroatoms. The molecular formula is C19H20FNO5. The number of aryl methyl sites for hydroxylation is 1. The second-order valence-corrected chi connectivity index (χ2v) is 5.34. The van der Waals surface area contributed by atoms with Crippen molar-refractivity contribution in [2.75, 3.05) is 25.1 Å². The molecule has 138 valence electrons. The molecule has 6 nitrogen and oxygen atoms in total. The van der Waals surface area contributed by atoms with Crippen LogP contribution in [0.2, 0.25) is 0 Å². The van der Waals surface area contributed by atoms with Gasteiger partial charge in [-0.1, -0.05) is 18.2 Å². The second-order valence-electron chi connectivity index (χ2n) is 5.34. The normalized spacial score (nSPS) is 10.1. The van der Waals surface area contributed by atoms with Crippen molar-refractivity contribution in [2.24, 2.45) is 0 Å². The Balaban J connectivity index is 1.78. The minimum absolute atomic E-state index is 0.288. The minimum atomic E-state index is -0.707. The van der Waals surface area contributed by atoms with Gasteiger partial charge in [-0.15, -0.1) is 0 Å². The van der Waals surface area contributed by atoms with Crippen LogP contribution in [0.25, 0.3) is 0 Å². The first-order valence-electron chi connectivity index (χ1n) is 8.06. The highest BCUT2D eigenvalue weighted by Gasteiger charge is 2.11. The summed E-state index contributed by atoms with van der Waals surface area (Å²) in [5, 5.41) is 2.45.